The Morgan fingerprint density at radius 2 is 2.07 bits per heavy atom. The molecule has 0 aromatic carbocycles. The quantitative estimate of drug-likeness (QED) is 0.748. The lowest BCUT2D eigenvalue weighted by molar-refractivity contribution is -0.120. The third kappa shape index (κ3) is 5.08. The van der Waals surface area contributed by atoms with Gasteiger partial charge in [0.2, 0.25) is 11.8 Å². The van der Waals surface area contributed by atoms with E-state index in [0.717, 1.165) is 24.5 Å². The molecule has 1 aliphatic heterocycles. The molecule has 0 atom stereocenters. The van der Waals surface area contributed by atoms with Crippen LogP contribution in [-0.2, 0) is 18.3 Å². The molecular formula is C18H25N5O3S. The SMILES string of the molecule is COc1nn(C)cc1C(=O)N1CCN(CCNC(=O)Cc2cccs2)CC1. The fourth-order valence-corrected chi connectivity index (χ4v) is 3.80. The van der Waals surface area contributed by atoms with Gasteiger partial charge >= 0.3 is 0 Å². The number of nitrogens with one attached hydrogen (secondary N) is 1. The summed E-state index contributed by atoms with van der Waals surface area (Å²) in [5.74, 6) is 0.358. The minimum Gasteiger partial charge on any atom is -0.479 e. The van der Waals surface area contributed by atoms with Gasteiger partial charge in [-0.25, -0.2) is 0 Å². The molecule has 8 nitrogen and oxygen atoms in total. The number of nitrogens with zero attached hydrogens (tertiary/aromatic N) is 4. The zero-order valence-electron chi connectivity index (χ0n) is 15.7. The predicted molar refractivity (Wildman–Crippen MR) is 103 cm³/mol. The van der Waals surface area contributed by atoms with Crippen LogP contribution in [0.2, 0.25) is 0 Å². The number of thiophene rings is 1. The van der Waals surface area contributed by atoms with Gasteiger partial charge in [0.25, 0.3) is 5.91 Å². The Kier molecular flexibility index (Phi) is 6.46. The molecule has 0 bridgehead atoms. The smallest absolute Gasteiger partial charge is 0.261 e. The van der Waals surface area contributed by atoms with Crippen molar-refractivity contribution in [1.29, 1.82) is 0 Å². The van der Waals surface area contributed by atoms with Gasteiger partial charge in [0.15, 0.2) is 0 Å². The summed E-state index contributed by atoms with van der Waals surface area (Å²) >= 11 is 1.59. The molecular weight excluding hydrogens is 366 g/mol. The fourth-order valence-electron chi connectivity index (χ4n) is 3.10. The van der Waals surface area contributed by atoms with Gasteiger partial charge in [-0.2, -0.15) is 0 Å². The summed E-state index contributed by atoms with van der Waals surface area (Å²) in [5, 5.41) is 9.08. The van der Waals surface area contributed by atoms with E-state index in [0.29, 0.717) is 37.5 Å². The lowest BCUT2D eigenvalue weighted by Crippen LogP contribution is -2.50. The van der Waals surface area contributed by atoms with Crippen molar-refractivity contribution >= 4 is 23.2 Å². The van der Waals surface area contributed by atoms with Gasteiger partial charge in [-0.1, -0.05) is 6.07 Å². The van der Waals surface area contributed by atoms with E-state index in [9.17, 15) is 9.59 Å². The van der Waals surface area contributed by atoms with Crippen LogP contribution < -0.4 is 10.1 Å². The van der Waals surface area contributed by atoms with Crippen molar-refractivity contribution in [3.63, 3.8) is 0 Å². The van der Waals surface area contributed by atoms with Crippen LogP contribution in [-0.4, -0.2) is 77.8 Å². The topological polar surface area (TPSA) is 79.7 Å². The summed E-state index contributed by atoms with van der Waals surface area (Å²) in [6.07, 6.45) is 2.13. The van der Waals surface area contributed by atoms with Crippen molar-refractivity contribution in [2.75, 3.05) is 46.4 Å². The Balaban J connectivity index is 1.39. The largest absolute Gasteiger partial charge is 0.479 e. The summed E-state index contributed by atoms with van der Waals surface area (Å²) in [6.45, 7) is 4.29. The Labute approximate surface area is 162 Å². The highest BCUT2D eigenvalue weighted by Gasteiger charge is 2.26. The number of aromatic nitrogens is 2. The summed E-state index contributed by atoms with van der Waals surface area (Å²) in [6, 6.07) is 3.92. The molecule has 3 rings (SSSR count). The van der Waals surface area contributed by atoms with Crippen LogP contribution in [0.25, 0.3) is 0 Å². The minimum atomic E-state index is -0.0520. The molecule has 3 heterocycles. The number of amides is 2. The van der Waals surface area contributed by atoms with Crippen LogP contribution in [0.15, 0.2) is 23.7 Å². The molecule has 0 aliphatic carbocycles. The van der Waals surface area contributed by atoms with Crippen molar-refractivity contribution in [3.8, 4) is 5.88 Å². The second kappa shape index (κ2) is 9.01. The van der Waals surface area contributed by atoms with Crippen molar-refractivity contribution in [1.82, 2.24) is 24.9 Å². The van der Waals surface area contributed by atoms with Crippen molar-refractivity contribution in [2.24, 2.45) is 7.05 Å². The summed E-state index contributed by atoms with van der Waals surface area (Å²) in [5.41, 5.74) is 0.495. The number of carbonyl (C=O) groups excluding carboxylic acids is 2. The summed E-state index contributed by atoms with van der Waals surface area (Å²) in [7, 11) is 3.29. The van der Waals surface area contributed by atoms with Crippen LogP contribution in [0, 0.1) is 0 Å². The lowest BCUT2D eigenvalue weighted by Gasteiger charge is -2.34. The van der Waals surface area contributed by atoms with Crippen molar-refractivity contribution in [3.05, 3.63) is 34.2 Å². The van der Waals surface area contributed by atoms with Gasteiger partial charge in [0.1, 0.15) is 5.56 Å². The molecule has 2 aromatic heterocycles. The first-order valence-corrected chi connectivity index (χ1v) is 9.83. The van der Waals surface area contributed by atoms with Gasteiger partial charge in [-0.05, 0) is 11.4 Å². The van der Waals surface area contributed by atoms with E-state index in [1.807, 2.05) is 22.4 Å². The van der Waals surface area contributed by atoms with E-state index >= 15 is 0 Å². The lowest BCUT2D eigenvalue weighted by atomic mass is 10.2. The van der Waals surface area contributed by atoms with E-state index in [1.54, 1.807) is 29.3 Å². The number of ether oxygens (including phenoxy) is 1. The molecule has 2 aromatic rings. The number of rotatable bonds is 7. The summed E-state index contributed by atoms with van der Waals surface area (Å²) < 4.78 is 6.77. The predicted octanol–water partition coefficient (Wildman–Crippen LogP) is 0.607. The van der Waals surface area contributed by atoms with Gasteiger partial charge < -0.3 is 15.0 Å². The van der Waals surface area contributed by atoms with Crippen LogP contribution in [0.3, 0.4) is 0 Å². The van der Waals surface area contributed by atoms with Gasteiger partial charge in [0, 0.05) is 57.4 Å². The third-order valence-electron chi connectivity index (χ3n) is 4.54. The van der Waals surface area contributed by atoms with Crippen LogP contribution >= 0.6 is 11.3 Å². The molecule has 1 N–H and O–H groups in total. The van der Waals surface area contributed by atoms with Gasteiger partial charge in [-0.3, -0.25) is 19.2 Å². The Morgan fingerprint density at radius 3 is 2.74 bits per heavy atom. The maximum Gasteiger partial charge on any atom is 0.261 e. The second-order valence-electron chi connectivity index (χ2n) is 6.47. The molecule has 146 valence electrons. The molecule has 0 saturated carbocycles. The zero-order chi connectivity index (χ0) is 19.2. The number of aryl methyl sites for hydroxylation is 1. The van der Waals surface area contributed by atoms with E-state index in [1.165, 1.54) is 7.11 Å². The number of carbonyl (C=O) groups is 2. The molecule has 27 heavy (non-hydrogen) atoms. The normalized spacial score (nSPS) is 15.0. The number of methoxy groups -OCH3 is 1. The second-order valence-corrected chi connectivity index (χ2v) is 7.50. The Morgan fingerprint density at radius 1 is 1.30 bits per heavy atom. The highest BCUT2D eigenvalue weighted by atomic mass is 32.1. The first kappa shape index (κ1) is 19.4. The van der Waals surface area contributed by atoms with Crippen molar-refractivity contribution in [2.45, 2.75) is 6.42 Å². The molecule has 1 aliphatic rings. The van der Waals surface area contributed by atoms with E-state index in [-0.39, 0.29) is 11.8 Å². The average Bonchev–Trinajstić information content (AvgIpc) is 3.31. The van der Waals surface area contributed by atoms with Crippen LogP contribution in [0.1, 0.15) is 15.2 Å². The minimum absolute atomic E-state index is 0.0509. The van der Waals surface area contributed by atoms with E-state index in [2.05, 4.69) is 15.3 Å². The molecule has 1 fully saturated rings. The van der Waals surface area contributed by atoms with E-state index < -0.39 is 0 Å². The first-order chi connectivity index (χ1) is 13.1. The van der Waals surface area contributed by atoms with Crippen LogP contribution in [0.5, 0.6) is 5.88 Å². The number of hydrogen-bond donors (Lipinski definition) is 1. The molecule has 0 radical (unpaired) electrons. The van der Waals surface area contributed by atoms with E-state index in [4.69, 9.17) is 4.74 Å². The molecule has 0 spiro atoms. The third-order valence-corrected chi connectivity index (χ3v) is 5.42. The van der Waals surface area contributed by atoms with Crippen LogP contribution in [0.4, 0.5) is 0 Å². The van der Waals surface area contributed by atoms with Gasteiger partial charge in [0.05, 0.1) is 13.5 Å². The fraction of sp³-hybridized carbons (Fsp3) is 0.500. The monoisotopic (exact) mass is 391 g/mol. The standard InChI is InChI=1S/C18H25N5O3S/c1-21-13-15(17(20-21)26-2)18(25)23-9-7-22(8-10-23)6-5-19-16(24)12-14-4-3-11-27-14/h3-4,11,13H,5-10,12H2,1-2H3,(H,19,24). The molecule has 0 unspecified atom stereocenters. The molecule has 1 saturated heterocycles. The summed E-state index contributed by atoms with van der Waals surface area (Å²) in [4.78, 5) is 29.7. The van der Waals surface area contributed by atoms with Crippen molar-refractivity contribution < 1.29 is 14.3 Å². The number of piperazine rings is 1. The molecule has 9 heteroatoms. The first-order valence-electron chi connectivity index (χ1n) is 8.95. The molecule has 2 amide bonds. The maximum absolute atomic E-state index is 12.7. The average molecular weight is 391 g/mol. The Hall–Kier alpha value is -2.39. The maximum atomic E-state index is 12.7. The highest BCUT2D eigenvalue weighted by Crippen LogP contribution is 2.18. The number of hydrogen-bond acceptors (Lipinski definition) is 6. The highest BCUT2D eigenvalue weighted by molar-refractivity contribution is 7.10. The zero-order valence-corrected chi connectivity index (χ0v) is 16.5. The Bertz CT molecular complexity index is 766. The van der Waals surface area contributed by atoms with Gasteiger partial charge in [-0.15, -0.1) is 16.4 Å².